The standard InChI is InChI=1S/C28H30FNO4S/c1-3-18-13-20-26(28(33)30(27(20)32)14-19-5-4-10-35-19)21-15-34-24(25(18)21)9-6-16(2)11-17-7-8-23(31)22(29)12-17/h4-5,7-8,10-12,20-21,24,26,31H,3,6,9,13-15H2,1-2H3/b16-11+/t20-,21+,24-,26-/m1/s1. The first kappa shape index (κ1) is 23.9. The van der Waals surface area contributed by atoms with Gasteiger partial charge < -0.3 is 9.84 Å². The van der Waals surface area contributed by atoms with E-state index in [-0.39, 0.29) is 41.4 Å². The van der Waals surface area contributed by atoms with Crippen molar-refractivity contribution in [2.75, 3.05) is 6.61 Å². The van der Waals surface area contributed by atoms with Gasteiger partial charge in [0.25, 0.3) is 0 Å². The first-order valence-electron chi connectivity index (χ1n) is 12.2. The van der Waals surface area contributed by atoms with Crippen LogP contribution in [0.1, 0.15) is 50.0 Å². The summed E-state index contributed by atoms with van der Waals surface area (Å²) in [4.78, 5) is 29.1. The Hall–Kier alpha value is -2.77. The molecule has 1 aromatic heterocycles. The van der Waals surface area contributed by atoms with Crippen molar-refractivity contribution in [3.63, 3.8) is 0 Å². The van der Waals surface area contributed by atoms with Crippen molar-refractivity contribution in [2.24, 2.45) is 17.8 Å². The van der Waals surface area contributed by atoms with Crippen LogP contribution in [0.2, 0.25) is 0 Å². The topological polar surface area (TPSA) is 66.8 Å². The molecular weight excluding hydrogens is 465 g/mol. The number of carbonyl (C=O) groups is 2. The Kier molecular flexibility index (Phi) is 6.64. The van der Waals surface area contributed by atoms with Crippen LogP contribution in [0.15, 0.2) is 52.4 Å². The lowest BCUT2D eigenvalue weighted by Gasteiger charge is -2.31. The van der Waals surface area contributed by atoms with Gasteiger partial charge in [-0.3, -0.25) is 14.5 Å². The van der Waals surface area contributed by atoms with E-state index in [2.05, 4.69) is 6.92 Å². The molecule has 0 spiro atoms. The SMILES string of the molecule is CCC1=C2[C@@H](CC/C(C)=C/c3ccc(O)c(F)c3)OC[C@@H]2[C@@H]2C(=O)N(Cc3cccs3)C(=O)[C@@H]2C1. The number of ether oxygens (including phenoxy) is 1. The smallest absolute Gasteiger partial charge is 0.234 e. The number of thiophene rings is 1. The Morgan fingerprint density at radius 3 is 2.80 bits per heavy atom. The lowest BCUT2D eigenvalue weighted by molar-refractivity contribution is -0.140. The fourth-order valence-corrected chi connectivity index (χ4v) is 6.61. The van der Waals surface area contributed by atoms with Crippen LogP contribution in [-0.2, 0) is 20.9 Å². The van der Waals surface area contributed by atoms with E-state index in [4.69, 9.17) is 4.74 Å². The molecule has 2 fully saturated rings. The van der Waals surface area contributed by atoms with Gasteiger partial charge in [0, 0.05) is 10.8 Å². The minimum atomic E-state index is -0.632. The lowest BCUT2D eigenvalue weighted by Crippen LogP contribution is -2.34. The number of allylic oxidation sites excluding steroid dienone is 2. The average Bonchev–Trinajstić information content (AvgIpc) is 3.56. The zero-order chi connectivity index (χ0) is 24.7. The highest BCUT2D eigenvalue weighted by Crippen LogP contribution is 2.50. The van der Waals surface area contributed by atoms with E-state index >= 15 is 0 Å². The number of hydrogen-bond acceptors (Lipinski definition) is 5. The third-order valence-corrected chi connectivity index (χ3v) is 8.47. The monoisotopic (exact) mass is 495 g/mol. The normalized spacial score (nSPS) is 26.5. The molecule has 0 radical (unpaired) electrons. The molecule has 1 aliphatic carbocycles. The van der Waals surface area contributed by atoms with E-state index < -0.39 is 5.82 Å². The molecule has 1 aromatic carbocycles. The highest BCUT2D eigenvalue weighted by atomic mass is 32.1. The molecule has 1 N–H and O–H groups in total. The second-order valence-corrected chi connectivity index (χ2v) is 10.8. The number of likely N-dealkylation sites (tertiary alicyclic amines) is 1. The van der Waals surface area contributed by atoms with E-state index in [1.807, 2.05) is 30.5 Å². The Balaban J connectivity index is 1.31. The van der Waals surface area contributed by atoms with Crippen molar-refractivity contribution in [1.82, 2.24) is 4.90 Å². The molecule has 4 atom stereocenters. The molecule has 2 amide bonds. The largest absolute Gasteiger partial charge is 0.505 e. The maximum Gasteiger partial charge on any atom is 0.234 e. The molecule has 0 saturated carbocycles. The van der Waals surface area contributed by atoms with Gasteiger partial charge in [0.2, 0.25) is 11.8 Å². The maximum absolute atomic E-state index is 13.7. The Labute approximate surface area is 208 Å². The predicted octanol–water partition coefficient (Wildman–Crippen LogP) is 5.70. The van der Waals surface area contributed by atoms with Crippen LogP contribution in [0, 0.1) is 23.6 Å². The zero-order valence-electron chi connectivity index (χ0n) is 20.0. The number of aromatic hydroxyl groups is 1. The van der Waals surface area contributed by atoms with Crippen molar-refractivity contribution >= 4 is 29.2 Å². The van der Waals surface area contributed by atoms with Crippen LogP contribution in [0.25, 0.3) is 6.08 Å². The molecule has 7 heteroatoms. The highest BCUT2D eigenvalue weighted by molar-refractivity contribution is 7.09. The molecule has 35 heavy (non-hydrogen) atoms. The number of amides is 2. The van der Waals surface area contributed by atoms with Gasteiger partial charge in [-0.2, -0.15) is 0 Å². The second kappa shape index (κ2) is 9.70. The van der Waals surface area contributed by atoms with Gasteiger partial charge in [-0.15, -0.1) is 11.3 Å². The first-order chi connectivity index (χ1) is 16.9. The van der Waals surface area contributed by atoms with Crippen LogP contribution < -0.4 is 0 Å². The Bertz CT molecular complexity index is 1200. The number of carbonyl (C=O) groups excluding carboxylic acids is 2. The summed E-state index contributed by atoms with van der Waals surface area (Å²) in [5.74, 6) is -1.72. The second-order valence-electron chi connectivity index (χ2n) is 9.76. The third kappa shape index (κ3) is 4.47. The number of rotatable bonds is 7. The predicted molar refractivity (Wildman–Crippen MR) is 133 cm³/mol. The summed E-state index contributed by atoms with van der Waals surface area (Å²) in [6, 6.07) is 8.28. The number of phenols is 1. The summed E-state index contributed by atoms with van der Waals surface area (Å²) in [6.45, 7) is 4.95. The van der Waals surface area contributed by atoms with Crippen molar-refractivity contribution in [3.05, 3.63) is 68.7 Å². The molecule has 0 unspecified atom stereocenters. The third-order valence-electron chi connectivity index (χ3n) is 7.61. The van der Waals surface area contributed by atoms with E-state index in [9.17, 15) is 19.1 Å². The number of benzene rings is 1. The summed E-state index contributed by atoms with van der Waals surface area (Å²) in [5.41, 5.74) is 4.29. The number of nitrogens with zero attached hydrogens (tertiary/aromatic N) is 1. The van der Waals surface area contributed by atoms with Crippen molar-refractivity contribution in [2.45, 2.75) is 52.2 Å². The van der Waals surface area contributed by atoms with E-state index in [1.165, 1.54) is 28.2 Å². The number of imide groups is 1. The quantitative estimate of drug-likeness (QED) is 0.395. The summed E-state index contributed by atoms with van der Waals surface area (Å²) in [6.07, 6.45) is 4.89. The van der Waals surface area contributed by atoms with Crippen molar-refractivity contribution < 1.29 is 23.8 Å². The molecule has 3 aliphatic rings. The molecule has 3 heterocycles. The zero-order valence-corrected chi connectivity index (χ0v) is 20.8. The number of fused-ring (bicyclic) bond motifs is 3. The number of phenolic OH excluding ortho intramolecular Hbond substituents is 1. The fourth-order valence-electron chi connectivity index (χ4n) is 5.92. The van der Waals surface area contributed by atoms with E-state index in [0.717, 1.165) is 29.7 Å². The van der Waals surface area contributed by atoms with Crippen LogP contribution in [0.4, 0.5) is 4.39 Å². The fraction of sp³-hybridized carbons (Fsp3) is 0.429. The Morgan fingerprint density at radius 2 is 2.09 bits per heavy atom. The van der Waals surface area contributed by atoms with Gasteiger partial charge in [-0.1, -0.05) is 36.3 Å². The van der Waals surface area contributed by atoms with Gasteiger partial charge in [-0.05, 0) is 67.3 Å². The molecule has 184 valence electrons. The van der Waals surface area contributed by atoms with Gasteiger partial charge >= 0.3 is 0 Å². The average molecular weight is 496 g/mol. The first-order valence-corrected chi connectivity index (χ1v) is 13.1. The highest BCUT2D eigenvalue weighted by Gasteiger charge is 2.56. The van der Waals surface area contributed by atoms with Gasteiger partial charge in [0.1, 0.15) is 0 Å². The van der Waals surface area contributed by atoms with Gasteiger partial charge in [0.05, 0.1) is 31.1 Å². The van der Waals surface area contributed by atoms with Crippen LogP contribution in [-0.4, -0.2) is 34.5 Å². The van der Waals surface area contributed by atoms with Crippen molar-refractivity contribution in [1.29, 1.82) is 0 Å². The van der Waals surface area contributed by atoms with Crippen LogP contribution in [0.3, 0.4) is 0 Å². The van der Waals surface area contributed by atoms with Crippen molar-refractivity contribution in [3.8, 4) is 5.75 Å². The van der Waals surface area contributed by atoms with Crippen LogP contribution >= 0.6 is 11.3 Å². The van der Waals surface area contributed by atoms with Crippen LogP contribution in [0.5, 0.6) is 5.75 Å². The Morgan fingerprint density at radius 1 is 1.26 bits per heavy atom. The molecule has 5 rings (SSSR count). The maximum atomic E-state index is 13.7. The molecule has 2 aromatic rings. The number of halogens is 1. The van der Waals surface area contributed by atoms with Gasteiger partial charge in [0.15, 0.2) is 11.6 Å². The summed E-state index contributed by atoms with van der Waals surface area (Å²) in [7, 11) is 0. The summed E-state index contributed by atoms with van der Waals surface area (Å²) in [5, 5.41) is 11.4. The minimum absolute atomic E-state index is 0.0334. The molecule has 0 bridgehead atoms. The molecule has 2 saturated heterocycles. The van der Waals surface area contributed by atoms with Gasteiger partial charge in [-0.25, -0.2) is 4.39 Å². The summed E-state index contributed by atoms with van der Waals surface area (Å²) < 4.78 is 19.9. The minimum Gasteiger partial charge on any atom is -0.505 e. The lowest BCUT2D eigenvalue weighted by atomic mass is 9.69. The number of hydrogen-bond donors (Lipinski definition) is 1. The molecule has 2 aliphatic heterocycles. The van der Waals surface area contributed by atoms with E-state index in [0.29, 0.717) is 25.1 Å². The molecular formula is C28H30FNO4S. The molecule has 5 nitrogen and oxygen atoms in total. The summed E-state index contributed by atoms with van der Waals surface area (Å²) >= 11 is 1.56. The van der Waals surface area contributed by atoms with E-state index in [1.54, 1.807) is 17.4 Å².